The SMILES string of the molecule is O=Cc1c(O)n(Cc2cc(F)cc3c2OCOC3)c2ccc(-c3ccc(CO)cc3)cc12. The maximum absolute atomic E-state index is 14.2. The molecule has 162 valence electrons. The third kappa shape index (κ3) is 3.41. The first-order valence-electron chi connectivity index (χ1n) is 10.1. The highest BCUT2D eigenvalue weighted by Gasteiger charge is 2.21. The first-order valence-corrected chi connectivity index (χ1v) is 10.1. The molecule has 5 rings (SSSR count). The van der Waals surface area contributed by atoms with E-state index in [4.69, 9.17) is 9.47 Å². The van der Waals surface area contributed by atoms with Crippen molar-refractivity contribution in [3.8, 4) is 22.8 Å². The number of carbonyl (C=O) groups excluding carboxylic acids is 1. The molecule has 0 radical (unpaired) electrons. The van der Waals surface area contributed by atoms with Crippen LogP contribution in [-0.4, -0.2) is 27.9 Å². The smallest absolute Gasteiger partial charge is 0.203 e. The lowest BCUT2D eigenvalue weighted by atomic mass is 10.0. The topological polar surface area (TPSA) is 80.9 Å². The summed E-state index contributed by atoms with van der Waals surface area (Å²) in [5, 5.41) is 20.7. The molecule has 4 aromatic rings. The molecule has 3 aromatic carbocycles. The molecule has 1 aliphatic rings. The van der Waals surface area contributed by atoms with Crippen LogP contribution in [0.5, 0.6) is 11.6 Å². The van der Waals surface area contributed by atoms with Crippen LogP contribution >= 0.6 is 0 Å². The Morgan fingerprint density at radius 3 is 2.59 bits per heavy atom. The Kier molecular flexibility index (Phi) is 5.13. The summed E-state index contributed by atoms with van der Waals surface area (Å²) in [5.74, 6) is -0.0759. The number of nitrogens with zero attached hydrogens (tertiary/aromatic N) is 1. The van der Waals surface area contributed by atoms with Crippen molar-refractivity contribution in [2.24, 2.45) is 0 Å². The van der Waals surface area contributed by atoms with Crippen LogP contribution in [0.1, 0.15) is 27.0 Å². The van der Waals surface area contributed by atoms with Crippen molar-refractivity contribution in [3.05, 3.63) is 82.7 Å². The summed E-state index contributed by atoms with van der Waals surface area (Å²) in [4.78, 5) is 11.8. The van der Waals surface area contributed by atoms with Crippen LogP contribution in [0.3, 0.4) is 0 Å². The van der Waals surface area contributed by atoms with E-state index in [9.17, 15) is 19.4 Å². The number of carbonyl (C=O) groups is 1. The summed E-state index contributed by atoms with van der Waals surface area (Å²) in [6.45, 7) is 0.407. The average molecular weight is 433 g/mol. The normalized spacial score (nSPS) is 13.1. The molecule has 0 unspecified atom stereocenters. The Hall–Kier alpha value is -3.68. The summed E-state index contributed by atoms with van der Waals surface area (Å²) in [5.41, 5.74) is 4.56. The van der Waals surface area contributed by atoms with E-state index in [2.05, 4.69) is 0 Å². The number of fused-ring (bicyclic) bond motifs is 2. The second-order valence-corrected chi connectivity index (χ2v) is 7.69. The predicted octanol–water partition coefficient (Wildman–Crippen LogP) is 4.37. The Bertz CT molecular complexity index is 1330. The number of halogens is 1. The fourth-order valence-electron chi connectivity index (χ4n) is 4.17. The zero-order valence-corrected chi connectivity index (χ0v) is 17.0. The maximum atomic E-state index is 14.2. The summed E-state index contributed by atoms with van der Waals surface area (Å²) in [6, 6.07) is 15.8. The van der Waals surface area contributed by atoms with Gasteiger partial charge >= 0.3 is 0 Å². The zero-order chi connectivity index (χ0) is 22.2. The van der Waals surface area contributed by atoms with E-state index in [0.29, 0.717) is 34.1 Å². The van der Waals surface area contributed by atoms with Gasteiger partial charge < -0.3 is 24.3 Å². The molecule has 0 saturated carbocycles. The molecule has 7 heteroatoms. The van der Waals surface area contributed by atoms with Gasteiger partial charge in [0.25, 0.3) is 0 Å². The lowest BCUT2D eigenvalue weighted by molar-refractivity contribution is -0.0173. The summed E-state index contributed by atoms with van der Waals surface area (Å²) in [6.07, 6.45) is 0.623. The van der Waals surface area contributed by atoms with Crippen LogP contribution < -0.4 is 4.74 Å². The second-order valence-electron chi connectivity index (χ2n) is 7.69. The van der Waals surface area contributed by atoms with Gasteiger partial charge in [-0.1, -0.05) is 30.3 Å². The van der Waals surface area contributed by atoms with Gasteiger partial charge in [-0.15, -0.1) is 0 Å². The van der Waals surface area contributed by atoms with E-state index in [1.165, 1.54) is 12.1 Å². The van der Waals surface area contributed by atoms with E-state index in [1.807, 2.05) is 42.5 Å². The van der Waals surface area contributed by atoms with Crippen molar-refractivity contribution in [3.63, 3.8) is 0 Å². The highest BCUT2D eigenvalue weighted by molar-refractivity contribution is 6.02. The minimum atomic E-state index is -0.423. The number of ether oxygens (including phenoxy) is 2. The van der Waals surface area contributed by atoms with E-state index < -0.39 is 5.82 Å². The molecule has 32 heavy (non-hydrogen) atoms. The number of hydrogen-bond acceptors (Lipinski definition) is 5. The van der Waals surface area contributed by atoms with Crippen LogP contribution in [-0.2, 0) is 24.5 Å². The number of benzene rings is 3. The Balaban J connectivity index is 1.61. The van der Waals surface area contributed by atoms with Gasteiger partial charge in [0.2, 0.25) is 5.88 Å². The number of aromatic hydroxyl groups is 1. The summed E-state index contributed by atoms with van der Waals surface area (Å²) in [7, 11) is 0. The number of aliphatic hydroxyl groups excluding tert-OH is 1. The third-order valence-electron chi connectivity index (χ3n) is 5.74. The maximum Gasteiger partial charge on any atom is 0.203 e. The van der Waals surface area contributed by atoms with Crippen LogP contribution in [0.15, 0.2) is 54.6 Å². The van der Waals surface area contributed by atoms with Crippen LogP contribution in [0.4, 0.5) is 4.39 Å². The van der Waals surface area contributed by atoms with Crippen LogP contribution in [0.25, 0.3) is 22.0 Å². The molecule has 0 fully saturated rings. The Morgan fingerprint density at radius 1 is 1.06 bits per heavy atom. The standard InChI is InChI=1S/C25H20FNO5/c26-20-7-18(24-19(8-20)13-31-14-32-24)10-27-23-6-5-17(9-21(23)22(12-29)25(27)30)16-3-1-15(11-28)2-4-16/h1-9,12,28,30H,10-11,13-14H2. The van der Waals surface area contributed by atoms with Crippen molar-refractivity contribution < 1.29 is 28.9 Å². The Morgan fingerprint density at radius 2 is 1.84 bits per heavy atom. The molecular weight excluding hydrogens is 413 g/mol. The number of rotatable bonds is 5. The number of aldehydes is 1. The summed E-state index contributed by atoms with van der Waals surface area (Å²) >= 11 is 0. The third-order valence-corrected chi connectivity index (χ3v) is 5.74. The molecular formula is C25H20FNO5. The van der Waals surface area contributed by atoms with Crippen LogP contribution in [0, 0.1) is 5.82 Å². The molecule has 0 saturated heterocycles. The van der Waals surface area contributed by atoms with Gasteiger partial charge in [-0.25, -0.2) is 4.39 Å². The molecule has 0 atom stereocenters. The fourth-order valence-corrected chi connectivity index (χ4v) is 4.17. The molecule has 2 N–H and O–H groups in total. The first-order chi connectivity index (χ1) is 15.6. The van der Waals surface area contributed by atoms with Gasteiger partial charge in [-0.05, 0) is 41.0 Å². The van der Waals surface area contributed by atoms with Gasteiger partial charge in [0.1, 0.15) is 11.6 Å². The predicted molar refractivity (Wildman–Crippen MR) is 116 cm³/mol. The molecule has 0 spiro atoms. The van der Waals surface area contributed by atoms with Crippen LogP contribution in [0.2, 0.25) is 0 Å². The van der Waals surface area contributed by atoms with E-state index >= 15 is 0 Å². The van der Waals surface area contributed by atoms with Crippen molar-refractivity contribution in [2.75, 3.05) is 6.79 Å². The molecule has 0 amide bonds. The molecule has 1 aromatic heterocycles. The monoisotopic (exact) mass is 433 g/mol. The lowest BCUT2D eigenvalue weighted by Crippen LogP contribution is -2.14. The summed E-state index contributed by atoms with van der Waals surface area (Å²) < 4.78 is 26.6. The van der Waals surface area contributed by atoms with E-state index in [1.54, 1.807) is 4.57 Å². The van der Waals surface area contributed by atoms with Crippen molar-refractivity contribution in [1.82, 2.24) is 4.57 Å². The average Bonchev–Trinajstić information content (AvgIpc) is 3.08. The fraction of sp³-hybridized carbons (Fsp3) is 0.160. The van der Waals surface area contributed by atoms with Crippen molar-refractivity contribution in [1.29, 1.82) is 0 Å². The van der Waals surface area contributed by atoms with E-state index in [-0.39, 0.29) is 38.0 Å². The lowest BCUT2D eigenvalue weighted by Gasteiger charge is -2.21. The molecule has 0 aliphatic carbocycles. The van der Waals surface area contributed by atoms with Gasteiger partial charge in [0.15, 0.2) is 13.1 Å². The molecule has 1 aliphatic heterocycles. The minimum Gasteiger partial charge on any atom is -0.494 e. The zero-order valence-electron chi connectivity index (χ0n) is 17.0. The van der Waals surface area contributed by atoms with Gasteiger partial charge in [-0.3, -0.25) is 4.79 Å². The molecule has 6 nitrogen and oxygen atoms in total. The highest BCUT2D eigenvalue weighted by Crippen LogP contribution is 2.36. The van der Waals surface area contributed by atoms with Crippen molar-refractivity contribution in [2.45, 2.75) is 19.8 Å². The Labute approximate surface area is 183 Å². The van der Waals surface area contributed by atoms with Gasteiger partial charge in [-0.2, -0.15) is 0 Å². The number of hydrogen-bond donors (Lipinski definition) is 2. The minimum absolute atomic E-state index is 0.0368. The largest absolute Gasteiger partial charge is 0.494 e. The quantitative estimate of drug-likeness (QED) is 0.457. The van der Waals surface area contributed by atoms with Gasteiger partial charge in [0, 0.05) is 16.5 Å². The number of aliphatic hydroxyl groups is 1. The van der Waals surface area contributed by atoms with Gasteiger partial charge in [0.05, 0.1) is 30.8 Å². The molecule has 2 heterocycles. The van der Waals surface area contributed by atoms with E-state index in [0.717, 1.165) is 16.7 Å². The van der Waals surface area contributed by atoms with Crippen molar-refractivity contribution >= 4 is 17.2 Å². The second kappa shape index (κ2) is 8.11. The molecule has 0 bridgehead atoms. The number of aromatic nitrogens is 1. The first kappa shape index (κ1) is 20.2. The highest BCUT2D eigenvalue weighted by atomic mass is 19.1.